The van der Waals surface area contributed by atoms with E-state index in [1.54, 1.807) is 4.90 Å². The lowest BCUT2D eigenvalue weighted by molar-refractivity contribution is -0.136. The predicted octanol–water partition coefficient (Wildman–Crippen LogP) is 1.55. The third-order valence-corrected chi connectivity index (χ3v) is 7.24. The molecule has 4 heterocycles. The maximum Gasteiger partial charge on any atom is 0.255 e. The Bertz CT molecular complexity index is 864. The monoisotopic (exact) mass is 410 g/mol. The summed E-state index contributed by atoms with van der Waals surface area (Å²) in [5.74, 6) is -0.669. The van der Waals surface area contributed by atoms with E-state index in [9.17, 15) is 14.4 Å². The van der Waals surface area contributed by atoms with Gasteiger partial charge in [0, 0.05) is 37.2 Å². The molecule has 7 nitrogen and oxygen atoms in total. The topological polar surface area (TPSA) is 81.8 Å². The van der Waals surface area contributed by atoms with Crippen LogP contribution in [0.5, 0.6) is 0 Å². The summed E-state index contributed by atoms with van der Waals surface area (Å²) in [5, 5.41) is 6.06. The highest BCUT2D eigenvalue weighted by Gasteiger charge is 2.40. The van der Waals surface area contributed by atoms with Crippen LogP contribution in [0.4, 0.5) is 0 Å². The zero-order chi connectivity index (χ0) is 20.7. The van der Waals surface area contributed by atoms with Gasteiger partial charge in [0.15, 0.2) is 0 Å². The number of fused-ring (bicyclic) bond motifs is 1. The number of carbonyl (C=O) groups excluding carboxylic acids is 3. The van der Waals surface area contributed by atoms with Crippen molar-refractivity contribution in [2.75, 3.05) is 13.1 Å². The fourth-order valence-electron chi connectivity index (χ4n) is 5.75. The number of hydrogen-bond donors (Lipinski definition) is 2. The van der Waals surface area contributed by atoms with Gasteiger partial charge < -0.3 is 10.2 Å². The second-order valence-electron chi connectivity index (χ2n) is 9.09. The van der Waals surface area contributed by atoms with Crippen LogP contribution in [-0.2, 0) is 22.7 Å². The minimum atomic E-state index is -0.555. The number of nitrogens with one attached hydrogen (secondary N) is 2. The van der Waals surface area contributed by atoms with Crippen molar-refractivity contribution in [2.45, 2.75) is 76.2 Å². The SMILES string of the molecule is O=C1CCC(N2Cc3cccc(CN4CCCCC4C4CCCN4)c3C2=O)C(=O)N1. The Kier molecular flexibility index (Phi) is 5.33. The van der Waals surface area contributed by atoms with E-state index in [1.807, 2.05) is 12.1 Å². The molecule has 5 rings (SSSR count). The molecule has 3 fully saturated rings. The summed E-state index contributed by atoms with van der Waals surface area (Å²) in [6.45, 7) is 3.40. The van der Waals surface area contributed by atoms with Crippen molar-refractivity contribution >= 4 is 17.7 Å². The summed E-state index contributed by atoms with van der Waals surface area (Å²) in [6.07, 6.45) is 6.85. The molecule has 0 aromatic heterocycles. The van der Waals surface area contributed by atoms with Gasteiger partial charge in [0.25, 0.3) is 5.91 Å². The quantitative estimate of drug-likeness (QED) is 0.736. The standard InChI is InChI=1S/C23H30N4O3/c28-20-10-9-19(22(29)25-20)27-14-16-6-3-5-15(21(16)23(27)30)13-26-12-2-1-8-18(26)17-7-4-11-24-17/h3,5-6,17-19,24H,1-2,4,7-14H2,(H,25,28,29). The van der Waals surface area contributed by atoms with E-state index in [0.29, 0.717) is 25.0 Å². The second-order valence-corrected chi connectivity index (χ2v) is 9.09. The van der Waals surface area contributed by atoms with Crippen molar-refractivity contribution in [1.82, 2.24) is 20.4 Å². The van der Waals surface area contributed by atoms with E-state index >= 15 is 0 Å². The Morgan fingerprint density at radius 1 is 1.03 bits per heavy atom. The maximum absolute atomic E-state index is 13.4. The minimum Gasteiger partial charge on any atom is -0.322 e. The van der Waals surface area contributed by atoms with Crippen molar-refractivity contribution in [3.8, 4) is 0 Å². The summed E-state index contributed by atoms with van der Waals surface area (Å²) >= 11 is 0. The summed E-state index contributed by atoms with van der Waals surface area (Å²) < 4.78 is 0. The first-order valence-corrected chi connectivity index (χ1v) is 11.3. The van der Waals surface area contributed by atoms with Crippen LogP contribution in [0, 0.1) is 0 Å². The van der Waals surface area contributed by atoms with E-state index < -0.39 is 6.04 Å². The Morgan fingerprint density at radius 2 is 1.93 bits per heavy atom. The average Bonchev–Trinajstić information content (AvgIpc) is 3.38. The summed E-state index contributed by atoms with van der Waals surface area (Å²) in [6, 6.07) is 6.62. The van der Waals surface area contributed by atoms with Crippen LogP contribution < -0.4 is 10.6 Å². The molecule has 3 saturated heterocycles. The zero-order valence-corrected chi connectivity index (χ0v) is 17.4. The van der Waals surface area contributed by atoms with Crippen LogP contribution in [0.1, 0.15) is 66.4 Å². The van der Waals surface area contributed by atoms with Gasteiger partial charge in [0.1, 0.15) is 6.04 Å². The summed E-state index contributed by atoms with van der Waals surface area (Å²) in [5.41, 5.74) is 2.83. The third-order valence-electron chi connectivity index (χ3n) is 7.24. The fourth-order valence-corrected chi connectivity index (χ4v) is 5.75. The maximum atomic E-state index is 13.4. The van der Waals surface area contributed by atoms with Gasteiger partial charge in [-0.15, -0.1) is 0 Å². The van der Waals surface area contributed by atoms with Gasteiger partial charge in [-0.25, -0.2) is 0 Å². The molecule has 30 heavy (non-hydrogen) atoms. The number of piperidine rings is 2. The van der Waals surface area contributed by atoms with Gasteiger partial charge in [0.2, 0.25) is 11.8 Å². The van der Waals surface area contributed by atoms with E-state index in [4.69, 9.17) is 0 Å². The largest absolute Gasteiger partial charge is 0.322 e. The lowest BCUT2D eigenvalue weighted by Gasteiger charge is -2.39. The van der Waals surface area contributed by atoms with Crippen molar-refractivity contribution in [3.63, 3.8) is 0 Å². The highest BCUT2D eigenvalue weighted by Crippen LogP contribution is 2.32. The van der Waals surface area contributed by atoms with E-state index in [-0.39, 0.29) is 24.1 Å². The molecule has 0 bridgehead atoms. The number of carbonyl (C=O) groups is 3. The third kappa shape index (κ3) is 3.54. The molecule has 3 unspecified atom stereocenters. The van der Waals surface area contributed by atoms with Crippen LogP contribution in [0.2, 0.25) is 0 Å². The van der Waals surface area contributed by atoms with Crippen molar-refractivity contribution < 1.29 is 14.4 Å². The van der Waals surface area contributed by atoms with Crippen LogP contribution in [0.3, 0.4) is 0 Å². The van der Waals surface area contributed by atoms with Gasteiger partial charge in [-0.05, 0) is 56.3 Å². The molecule has 160 valence electrons. The van der Waals surface area contributed by atoms with Gasteiger partial charge in [-0.1, -0.05) is 24.6 Å². The lowest BCUT2D eigenvalue weighted by atomic mass is 9.93. The Balaban J connectivity index is 1.37. The van der Waals surface area contributed by atoms with E-state index in [1.165, 1.54) is 32.1 Å². The lowest BCUT2D eigenvalue weighted by Crippen LogP contribution is -2.52. The molecule has 0 radical (unpaired) electrons. The van der Waals surface area contributed by atoms with E-state index in [0.717, 1.165) is 36.3 Å². The fraction of sp³-hybridized carbons (Fsp3) is 0.609. The zero-order valence-electron chi connectivity index (χ0n) is 17.4. The molecular weight excluding hydrogens is 380 g/mol. The molecular formula is C23H30N4O3. The first-order valence-electron chi connectivity index (χ1n) is 11.3. The summed E-state index contributed by atoms with van der Waals surface area (Å²) in [4.78, 5) is 41.4. The number of likely N-dealkylation sites (tertiary alicyclic amines) is 1. The number of amides is 3. The Morgan fingerprint density at radius 3 is 2.73 bits per heavy atom. The molecule has 1 aromatic carbocycles. The number of nitrogens with zero attached hydrogens (tertiary/aromatic N) is 2. The molecule has 7 heteroatoms. The molecule has 3 amide bonds. The highest BCUT2D eigenvalue weighted by atomic mass is 16.2. The second kappa shape index (κ2) is 8.12. The molecule has 0 aliphatic carbocycles. The normalized spacial score (nSPS) is 29.9. The molecule has 0 saturated carbocycles. The number of rotatable bonds is 4. The van der Waals surface area contributed by atoms with Crippen LogP contribution >= 0.6 is 0 Å². The van der Waals surface area contributed by atoms with Gasteiger partial charge in [-0.3, -0.25) is 24.6 Å². The first kappa shape index (κ1) is 19.7. The van der Waals surface area contributed by atoms with Crippen LogP contribution in [0.15, 0.2) is 18.2 Å². The molecule has 4 aliphatic rings. The Labute approximate surface area is 177 Å². The predicted molar refractivity (Wildman–Crippen MR) is 112 cm³/mol. The van der Waals surface area contributed by atoms with Gasteiger partial charge in [0.05, 0.1) is 0 Å². The van der Waals surface area contributed by atoms with E-state index in [2.05, 4.69) is 21.6 Å². The van der Waals surface area contributed by atoms with Crippen molar-refractivity contribution in [3.05, 3.63) is 34.9 Å². The molecule has 1 aromatic rings. The highest BCUT2D eigenvalue weighted by molar-refractivity contribution is 6.05. The van der Waals surface area contributed by atoms with Gasteiger partial charge >= 0.3 is 0 Å². The minimum absolute atomic E-state index is 0.0670. The number of hydrogen-bond acceptors (Lipinski definition) is 5. The summed E-state index contributed by atoms with van der Waals surface area (Å²) in [7, 11) is 0. The van der Waals surface area contributed by atoms with Crippen molar-refractivity contribution in [1.29, 1.82) is 0 Å². The molecule has 3 atom stereocenters. The Hall–Kier alpha value is -2.25. The molecule has 4 aliphatic heterocycles. The average molecular weight is 411 g/mol. The van der Waals surface area contributed by atoms with Crippen LogP contribution in [-0.4, -0.2) is 58.7 Å². The first-order chi connectivity index (χ1) is 14.6. The number of benzene rings is 1. The van der Waals surface area contributed by atoms with Crippen molar-refractivity contribution in [2.24, 2.45) is 0 Å². The number of imide groups is 1. The molecule has 0 spiro atoms. The molecule has 2 N–H and O–H groups in total. The van der Waals surface area contributed by atoms with Gasteiger partial charge in [-0.2, -0.15) is 0 Å². The smallest absolute Gasteiger partial charge is 0.255 e. The van der Waals surface area contributed by atoms with Crippen LogP contribution in [0.25, 0.3) is 0 Å².